The molecule has 0 aromatic heterocycles. The minimum Gasteiger partial charge on any atom is -0.481 e. The van der Waals surface area contributed by atoms with Crippen LogP contribution in [-0.4, -0.2) is 11.1 Å². The number of aliphatic carboxylic acids is 1. The Morgan fingerprint density at radius 2 is 1.62 bits per heavy atom. The van der Waals surface area contributed by atoms with E-state index in [-0.39, 0.29) is 0 Å². The summed E-state index contributed by atoms with van der Waals surface area (Å²) in [6, 6.07) is 10.7. The van der Waals surface area contributed by atoms with Crippen LogP contribution in [-0.2, 0) is 17.6 Å². The van der Waals surface area contributed by atoms with Crippen molar-refractivity contribution in [3.8, 4) is 6.07 Å². The van der Waals surface area contributed by atoms with Gasteiger partial charge in [0.15, 0.2) is 0 Å². The smallest absolute Gasteiger partial charge is 0.309 e. The molecule has 0 radical (unpaired) electrons. The van der Waals surface area contributed by atoms with Gasteiger partial charge in [-0.05, 0) is 49.7 Å². The molecule has 0 aliphatic heterocycles. The highest BCUT2D eigenvalue weighted by atomic mass is 16.4. The number of benzene rings is 1. The van der Waals surface area contributed by atoms with Crippen molar-refractivity contribution < 1.29 is 9.90 Å². The third-order valence-corrected chi connectivity index (χ3v) is 5.43. The van der Waals surface area contributed by atoms with E-state index in [0.717, 1.165) is 64.2 Å². The molecule has 1 saturated carbocycles. The molecule has 1 aliphatic carbocycles. The van der Waals surface area contributed by atoms with Crippen LogP contribution in [0.4, 0.5) is 0 Å². The van der Waals surface area contributed by atoms with Crippen LogP contribution in [0, 0.1) is 16.7 Å². The second-order valence-electron chi connectivity index (χ2n) is 7.18. The van der Waals surface area contributed by atoms with Gasteiger partial charge in [-0.2, -0.15) is 5.26 Å². The van der Waals surface area contributed by atoms with Gasteiger partial charge in [0.25, 0.3) is 0 Å². The summed E-state index contributed by atoms with van der Waals surface area (Å²) in [4.78, 5) is 11.6. The molecule has 130 valence electrons. The summed E-state index contributed by atoms with van der Waals surface area (Å²) in [5.41, 5.74) is 2.13. The van der Waals surface area contributed by atoms with Gasteiger partial charge in [-0.3, -0.25) is 4.79 Å². The van der Waals surface area contributed by atoms with Gasteiger partial charge < -0.3 is 5.11 Å². The Labute approximate surface area is 145 Å². The zero-order valence-electron chi connectivity index (χ0n) is 14.6. The van der Waals surface area contributed by atoms with Gasteiger partial charge in [-0.1, -0.05) is 56.4 Å². The van der Waals surface area contributed by atoms with E-state index in [1.807, 2.05) is 0 Å². The fraction of sp³-hybridized carbons (Fsp3) is 0.619. The maximum absolute atomic E-state index is 11.6. The van der Waals surface area contributed by atoms with E-state index in [2.05, 4.69) is 30.3 Å². The first-order valence-corrected chi connectivity index (χ1v) is 9.34. The lowest BCUT2D eigenvalue weighted by molar-refractivity contribution is -0.151. The van der Waals surface area contributed by atoms with Gasteiger partial charge in [0.2, 0.25) is 0 Å². The average Bonchev–Trinajstić information content (AvgIpc) is 2.61. The SMILES string of the molecule is N#CCCc1ccc(CCCCCC2(C(=O)O)CCCCC2)cc1. The number of unbranched alkanes of at least 4 members (excludes halogenated alkanes) is 2. The quantitative estimate of drug-likeness (QED) is 0.628. The van der Waals surface area contributed by atoms with E-state index in [1.54, 1.807) is 0 Å². The number of hydrogen-bond donors (Lipinski definition) is 1. The lowest BCUT2D eigenvalue weighted by Gasteiger charge is -2.33. The fourth-order valence-electron chi connectivity index (χ4n) is 3.84. The Bertz CT molecular complexity index is 550. The fourth-order valence-corrected chi connectivity index (χ4v) is 3.84. The van der Waals surface area contributed by atoms with Crippen molar-refractivity contribution in [3.05, 3.63) is 35.4 Å². The van der Waals surface area contributed by atoms with E-state index in [1.165, 1.54) is 17.5 Å². The van der Waals surface area contributed by atoms with Crippen LogP contribution in [0.1, 0.15) is 75.3 Å². The molecule has 2 rings (SSSR count). The molecule has 0 atom stereocenters. The zero-order valence-corrected chi connectivity index (χ0v) is 14.6. The number of hydrogen-bond acceptors (Lipinski definition) is 2. The molecule has 3 nitrogen and oxygen atoms in total. The van der Waals surface area contributed by atoms with Crippen molar-refractivity contribution in [3.63, 3.8) is 0 Å². The van der Waals surface area contributed by atoms with Crippen molar-refractivity contribution in [2.45, 2.75) is 77.0 Å². The zero-order chi connectivity index (χ0) is 17.3. The molecule has 1 fully saturated rings. The lowest BCUT2D eigenvalue weighted by Crippen LogP contribution is -2.33. The van der Waals surface area contributed by atoms with Gasteiger partial charge in [0, 0.05) is 6.42 Å². The Balaban J connectivity index is 1.69. The molecule has 1 aliphatic rings. The van der Waals surface area contributed by atoms with Crippen LogP contribution in [0.25, 0.3) is 0 Å². The van der Waals surface area contributed by atoms with Gasteiger partial charge in [0.1, 0.15) is 0 Å². The van der Waals surface area contributed by atoms with E-state index in [4.69, 9.17) is 5.26 Å². The normalized spacial score (nSPS) is 16.5. The van der Waals surface area contributed by atoms with Crippen LogP contribution in [0.5, 0.6) is 0 Å². The van der Waals surface area contributed by atoms with Crippen molar-refractivity contribution in [2.24, 2.45) is 5.41 Å². The highest BCUT2D eigenvalue weighted by Crippen LogP contribution is 2.40. The second kappa shape index (κ2) is 9.47. The molecule has 0 unspecified atom stereocenters. The third-order valence-electron chi connectivity index (χ3n) is 5.43. The number of nitrogens with zero attached hydrogens (tertiary/aromatic N) is 1. The van der Waals surface area contributed by atoms with Crippen LogP contribution in [0.15, 0.2) is 24.3 Å². The molecular weight excluding hydrogens is 298 g/mol. The number of carbonyl (C=O) groups is 1. The molecule has 0 spiro atoms. The second-order valence-corrected chi connectivity index (χ2v) is 7.18. The monoisotopic (exact) mass is 327 g/mol. The average molecular weight is 327 g/mol. The van der Waals surface area contributed by atoms with E-state index in [0.29, 0.717) is 6.42 Å². The van der Waals surface area contributed by atoms with Gasteiger partial charge in [-0.25, -0.2) is 0 Å². The number of nitriles is 1. The minimum absolute atomic E-state index is 0.430. The highest BCUT2D eigenvalue weighted by Gasteiger charge is 2.38. The summed E-state index contributed by atoms with van der Waals surface area (Å²) >= 11 is 0. The van der Waals surface area contributed by atoms with Crippen LogP contribution < -0.4 is 0 Å². The minimum atomic E-state index is -0.574. The number of aryl methyl sites for hydroxylation is 2. The topological polar surface area (TPSA) is 61.1 Å². The summed E-state index contributed by atoms with van der Waals surface area (Å²) in [5, 5.41) is 18.2. The van der Waals surface area contributed by atoms with Gasteiger partial charge in [-0.15, -0.1) is 0 Å². The predicted molar refractivity (Wildman–Crippen MR) is 95.7 cm³/mol. The summed E-state index contributed by atoms with van der Waals surface area (Å²) in [5.74, 6) is -0.574. The van der Waals surface area contributed by atoms with Crippen molar-refractivity contribution >= 4 is 5.97 Å². The lowest BCUT2D eigenvalue weighted by atomic mass is 9.71. The van der Waals surface area contributed by atoms with E-state index >= 15 is 0 Å². The Morgan fingerprint density at radius 1 is 1.00 bits per heavy atom. The molecule has 1 aromatic carbocycles. The largest absolute Gasteiger partial charge is 0.481 e. The van der Waals surface area contributed by atoms with Crippen molar-refractivity contribution in [2.75, 3.05) is 0 Å². The number of carboxylic acids is 1. The molecule has 1 N–H and O–H groups in total. The Kier molecular flexibility index (Phi) is 7.31. The summed E-state index contributed by atoms with van der Waals surface area (Å²) in [6.07, 6.45) is 11.6. The summed E-state index contributed by atoms with van der Waals surface area (Å²) in [7, 11) is 0. The standard InChI is InChI=1S/C21H29NO2/c22-17-7-9-19-12-10-18(11-13-19)8-3-1-4-14-21(20(23)24)15-5-2-6-16-21/h10-13H,1-9,14-16H2,(H,23,24). The molecule has 0 bridgehead atoms. The van der Waals surface area contributed by atoms with Gasteiger partial charge >= 0.3 is 5.97 Å². The first-order valence-electron chi connectivity index (χ1n) is 9.34. The third kappa shape index (κ3) is 5.37. The number of carboxylic acid groups (broad SMARTS) is 1. The van der Waals surface area contributed by atoms with Gasteiger partial charge in [0.05, 0.1) is 11.5 Å². The first kappa shape index (κ1) is 18.5. The van der Waals surface area contributed by atoms with Crippen LogP contribution >= 0.6 is 0 Å². The van der Waals surface area contributed by atoms with Crippen molar-refractivity contribution in [1.82, 2.24) is 0 Å². The molecule has 0 heterocycles. The Hall–Kier alpha value is -1.82. The first-order chi connectivity index (χ1) is 11.7. The summed E-state index contributed by atoms with van der Waals surface area (Å²) in [6.45, 7) is 0. The Morgan fingerprint density at radius 3 is 2.21 bits per heavy atom. The molecular formula is C21H29NO2. The number of rotatable bonds is 9. The molecule has 1 aromatic rings. The van der Waals surface area contributed by atoms with E-state index < -0.39 is 11.4 Å². The maximum Gasteiger partial charge on any atom is 0.309 e. The predicted octanol–water partition coefficient (Wildman–Crippen LogP) is 5.28. The highest BCUT2D eigenvalue weighted by molar-refractivity contribution is 5.74. The molecule has 0 amide bonds. The molecule has 24 heavy (non-hydrogen) atoms. The van der Waals surface area contributed by atoms with E-state index in [9.17, 15) is 9.90 Å². The molecule has 0 saturated heterocycles. The summed E-state index contributed by atoms with van der Waals surface area (Å²) < 4.78 is 0. The van der Waals surface area contributed by atoms with Crippen LogP contribution in [0.2, 0.25) is 0 Å². The van der Waals surface area contributed by atoms with Crippen LogP contribution in [0.3, 0.4) is 0 Å². The molecule has 3 heteroatoms. The maximum atomic E-state index is 11.6. The van der Waals surface area contributed by atoms with Crippen molar-refractivity contribution in [1.29, 1.82) is 5.26 Å².